The number of nitrogens with zero attached hydrogens (tertiary/aromatic N) is 1. The standard InChI is InChI=1S/C23H29FN2O3/c1-5-20(23(28)25-16(2)3)26(14-18-12-10-17(4)11-13-18)22(27)15-29-21-9-7-6-8-19(21)24/h6-13,16,20H,5,14-15H2,1-4H3,(H,25,28)/t20-/m0/s1. The summed E-state index contributed by atoms with van der Waals surface area (Å²) in [6.45, 7) is 7.51. The molecular weight excluding hydrogens is 371 g/mol. The molecule has 0 aliphatic carbocycles. The van der Waals surface area contributed by atoms with Gasteiger partial charge in [-0.2, -0.15) is 0 Å². The summed E-state index contributed by atoms with van der Waals surface area (Å²) in [5.74, 6) is -1.11. The molecule has 0 saturated heterocycles. The van der Waals surface area contributed by atoms with Gasteiger partial charge in [-0.1, -0.05) is 48.9 Å². The van der Waals surface area contributed by atoms with Gasteiger partial charge in [0, 0.05) is 12.6 Å². The van der Waals surface area contributed by atoms with Gasteiger partial charge in [0.2, 0.25) is 5.91 Å². The Balaban J connectivity index is 2.21. The summed E-state index contributed by atoms with van der Waals surface area (Å²) in [5.41, 5.74) is 2.02. The van der Waals surface area contributed by atoms with Gasteiger partial charge in [0.25, 0.3) is 5.91 Å². The van der Waals surface area contributed by atoms with Crippen LogP contribution in [0, 0.1) is 12.7 Å². The summed E-state index contributed by atoms with van der Waals surface area (Å²) in [5, 5.41) is 2.87. The Morgan fingerprint density at radius 2 is 1.76 bits per heavy atom. The van der Waals surface area contributed by atoms with E-state index in [4.69, 9.17) is 4.74 Å². The van der Waals surface area contributed by atoms with Gasteiger partial charge in [0.05, 0.1) is 0 Å². The number of ether oxygens (including phenoxy) is 1. The minimum Gasteiger partial charge on any atom is -0.481 e. The first-order valence-electron chi connectivity index (χ1n) is 9.84. The predicted octanol–water partition coefficient (Wildman–Crippen LogP) is 3.84. The second-order valence-electron chi connectivity index (χ2n) is 7.31. The smallest absolute Gasteiger partial charge is 0.261 e. The van der Waals surface area contributed by atoms with E-state index in [-0.39, 0.29) is 36.8 Å². The van der Waals surface area contributed by atoms with Crippen molar-refractivity contribution in [2.45, 2.75) is 52.7 Å². The van der Waals surface area contributed by atoms with E-state index in [0.717, 1.165) is 11.1 Å². The first kappa shape index (κ1) is 22.4. The van der Waals surface area contributed by atoms with E-state index < -0.39 is 11.9 Å². The highest BCUT2D eigenvalue weighted by molar-refractivity contribution is 5.88. The molecule has 2 amide bonds. The lowest BCUT2D eigenvalue weighted by atomic mass is 10.1. The number of aryl methyl sites for hydroxylation is 1. The third-order valence-corrected chi connectivity index (χ3v) is 4.48. The summed E-state index contributed by atoms with van der Waals surface area (Å²) in [6.07, 6.45) is 0.454. The fraction of sp³-hybridized carbons (Fsp3) is 0.391. The van der Waals surface area contributed by atoms with Gasteiger partial charge in [0.1, 0.15) is 6.04 Å². The first-order chi connectivity index (χ1) is 13.8. The maximum atomic E-state index is 13.8. The molecule has 0 spiro atoms. The van der Waals surface area contributed by atoms with Gasteiger partial charge in [-0.25, -0.2) is 4.39 Å². The average Bonchev–Trinajstić information content (AvgIpc) is 2.68. The zero-order valence-electron chi connectivity index (χ0n) is 17.4. The predicted molar refractivity (Wildman–Crippen MR) is 111 cm³/mol. The van der Waals surface area contributed by atoms with Crippen LogP contribution in [0.1, 0.15) is 38.3 Å². The molecule has 0 aromatic heterocycles. The van der Waals surface area contributed by atoms with Crippen molar-refractivity contribution in [3.63, 3.8) is 0 Å². The van der Waals surface area contributed by atoms with E-state index in [2.05, 4.69) is 5.32 Å². The maximum Gasteiger partial charge on any atom is 0.261 e. The van der Waals surface area contributed by atoms with E-state index in [1.165, 1.54) is 17.0 Å². The summed E-state index contributed by atoms with van der Waals surface area (Å²) in [7, 11) is 0. The van der Waals surface area contributed by atoms with Gasteiger partial charge in [-0.3, -0.25) is 9.59 Å². The van der Waals surface area contributed by atoms with Crippen LogP contribution in [0.3, 0.4) is 0 Å². The van der Waals surface area contributed by atoms with Crippen LogP contribution in [-0.2, 0) is 16.1 Å². The second-order valence-corrected chi connectivity index (χ2v) is 7.31. The fourth-order valence-corrected chi connectivity index (χ4v) is 2.97. The Kier molecular flexibility index (Phi) is 8.19. The van der Waals surface area contributed by atoms with E-state index in [9.17, 15) is 14.0 Å². The lowest BCUT2D eigenvalue weighted by Gasteiger charge is -2.31. The van der Waals surface area contributed by atoms with E-state index in [1.807, 2.05) is 52.0 Å². The Labute approximate surface area is 171 Å². The van der Waals surface area contributed by atoms with Crippen LogP contribution < -0.4 is 10.1 Å². The monoisotopic (exact) mass is 400 g/mol. The maximum absolute atomic E-state index is 13.8. The number of hydrogen-bond donors (Lipinski definition) is 1. The zero-order chi connectivity index (χ0) is 21.4. The van der Waals surface area contributed by atoms with Crippen molar-refractivity contribution in [3.8, 4) is 5.75 Å². The molecular formula is C23H29FN2O3. The number of carbonyl (C=O) groups excluding carboxylic acids is 2. The molecule has 0 aliphatic heterocycles. The van der Waals surface area contributed by atoms with Crippen molar-refractivity contribution >= 4 is 11.8 Å². The van der Waals surface area contributed by atoms with Crippen LogP contribution in [0.25, 0.3) is 0 Å². The van der Waals surface area contributed by atoms with Crippen molar-refractivity contribution < 1.29 is 18.7 Å². The second kappa shape index (κ2) is 10.6. The number of nitrogens with one attached hydrogen (secondary N) is 1. The third kappa shape index (κ3) is 6.59. The molecule has 2 aromatic rings. The molecule has 2 rings (SSSR count). The minimum absolute atomic E-state index is 0.0100. The van der Waals surface area contributed by atoms with E-state index in [0.29, 0.717) is 6.42 Å². The fourth-order valence-electron chi connectivity index (χ4n) is 2.97. The van der Waals surface area contributed by atoms with Gasteiger partial charge in [0.15, 0.2) is 18.2 Å². The SMILES string of the molecule is CC[C@@H](C(=O)NC(C)C)N(Cc1ccc(C)cc1)C(=O)COc1ccccc1F. The minimum atomic E-state index is -0.643. The number of amides is 2. The molecule has 0 fully saturated rings. The number of carbonyl (C=O) groups is 2. The molecule has 0 bridgehead atoms. The van der Waals surface area contributed by atoms with Gasteiger partial charge < -0.3 is 15.0 Å². The first-order valence-corrected chi connectivity index (χ1v) is 9.84. The number of hydrogen-bond acceptors (Lipinski definition) is 3. The molecule has 0 unspecified atom stereocenters. The normalized spacial score (nSPS) is 11.8. The molecule has 1 atom stereocenters. The van der Waals surface area contributed by atoms with Crippen LogP contribution >= 0.6 is 0 Å². The molecule has 0 saturated carbocycles. The molecule has 0 radical (unpaired) electrons. The van der Waals surface area contributed by atoms with E-state index >= 15 is 0 Å². The molecule has 5 nitrogen and oxygen atoms in total. The van der Waals surface area contributed by atoms with Gasteiger partial charge in [-0.15, -0.1) is 0 Å². The number of para-hydroxylation sites is 1. The quantitative estimate of drug-likeness (QED) is 0.696. The number of rotatable bonds is 9. The third-order valence-electron chi connectivity index (χ3n) is 4.48. The lowest BCUT2D eigenvalue weighted by Crippen LogP contribution is -2.51. The summed E-state index contributed by atoms with van der Waals surface area (Å²) in [4.78, 5) is 27.2. The van der Waals surface area contributed by atoms with Crippen LogP contribution in [-0.4, -0.2) is 35.4 Å². The Hall–Kier alpha value is -2.89. The molecule has 156 valence electrons. The summed E-state index contributed by atoms with van der Waals surface area (Å²) >= 11 is 0. The Morgan fingerprint density at radius 1 is 1.10 bits per heavy atom. The van der Waals surface area contributed by atoms with Gasteiger partial charge in [-0.05, 0) is 44.9 Å². The summed E-state index contributed by atoms with van der Waals surface area (Å²) in [6, 6.07) is 13.0. The van der Waals surface area contributed by atoms with Crippen molar-refractivity contribution in [2.24, 2.45) is 0 Å². The van der Waals surface area contributed by atoms with Crippen molar-refractivity contribution in [2.75, 3.05) is 6.61 Å². The molecule has 6 heteroatoms. The van der Waals surface area contributed by atoms with Crippen molar-refractivity contribution in [1.82, 2.24) is 10.2 Å². The summed E-state index contributed by atoms with van der Waals surface area (Å²) < 4.78 is 19.2. The Bertz CT molecular complexity index is 821. The number of benzene rings is 2. The zero-order valence-corrected chi connectivity index (χ0v) is 17.4. The molecule has 29 heavy (non-hydrogen) atoms. The number of halogens is 1. The van der Waals surface area contributed by atoms with E-state index in [1.54, 1.807) is 12.1 Å². The van der Waals surface area contributed by atoms with Gasteiger partial charge >= 0.3 is 0 Å². The van der Waals surface area contributed by atoms with Crippen LogP contribution in [0.4, 0.5) is 4.39 Å². The Morgan fingerprint density at radius 3 is 2.34 bits per heavy atom. The highest BCUT2D eigenvalue weighted by Crippen LogP contribution is 2.17. The average molecular weight is 400 g/mol. The lowest BCUT2D eigenvalue weighted by molar-refractivity contribution is -0.143. The molecule has 1 N–H and O–H groups in total. The topological polar surface area (TPSA) is 58.6 Å². The molecule has 0 heterocycles. The van der Waals surface area contributed by atoms with Crippen molar-refractivity contribution in [3.05, 3.63) is 65.5 Å². The highest BCUT2D eigenvalue weighted by Gasteiger charge is 2.29. The molecule has 0 aliphatic rings. The van der Waals surface area contributed by atoms with Crippen molar-refractivity contribution in [1.29, 1.82) is 0 Å². The molecule has 2 aromatic carbocycles. The van der Waals surface area contributed by atoms with Crippen LogP contribution in [0.2, 0.25) is 0 Å². The van der Waals surface area contributed by atoms with Crippen LogP contribution in [0.15, 0.2) is 48.5 Å². The highest BCUT2D eigenvalue weighted by atomic mass is 19.1. The van der Waals surface area contributed by atoms with Crippen LogP contribution in [0.5, 0.6) is 5.75 Å². The largest absolute Gasteiger partial charge is 0.481 e.